The summed E-state index contributed by atoms with van der Waals surface area (Å²) in [4.78, 5) is 2.50. The minimum absolute atomic E-state index is 0.319. The van der Waals surface area contributed by atoms with E-state index in [0.29, 0.717) is 12.1 Å². The third-order valence-electron chi connectivity index (χ3n) is 4.09. The van der Waals surface area contributed by atoms with E-state index in [4.69, 9.17) is 4.74 Å². The zero-order chi connectivity index (χ0) is 14.4. The van der Waals surface area contributed by atoms with E-state index in [2.05, 4.69) is 55.3 Å². The first kappa shape index (κ1) is 15.5. The molecule has 1 fully saturated rings. The summed E-state index contributed by atoms with van der Waals surface area (Å²) in [6, 6.07) is 9.28. The Balaban J connectivity index is 1.78. The van der Waals surface area contributed by atoms with Crippen LogP contribution in [0.2, 0.25) is 0 Å². The fraction of sp³-hybridized carbons (Fsp3) is 0.647. The third kappa shape index (κ3) is 4.30. The molecule has 1 aromatic carbocycles. The minimum atomic E-state index is 0.319. The highest BCUT2D eigenvalue weighted by Crippen LogP contribution is 2.10. The van der Waals surface area contributed by atoms with Crippen molar-refractivity contribution in [3.63, 3.8) is 0 Å². The molecule has 1 aliphatic heterocycles. The average molecular weight is 276 g/mol. The summed E-state index contributed by atoms with van der Waals surface area (Å²) in [5.74, 6) is 0. The summed E-state index contributed by atoms with van der Waals surface area (Å²) in [6.07, 6.45) is 1.42. The third-order valence-corrected chi connectivity index (χ3v) is 4.09. The standard InChI is InChI=1S/C17H28N2O/c1-4-15-7-5-6-8-16(15)11-18-12-17-13-19(14(2)3)9-10-20-17/h5-8,14,17-18H,4,9-13H2,1-3H3. The Bertz CT molecular complexity index is 406. The second-order valence-corrected chi connectivity index (χ2v) is 5.83. The van der Waals surface area contributed by atoms with Gasteiger partial charge in [-0.3, -0.25) is 4.90 Å². The predicted octanol–water partition coefficient (Wildman–Crippen LogP) is 2.45. The molecule has 1 aromatic rings. The Morgan fingerprint density at radius 1 is 1.30 bits per heavy atom. The van der Waals surface area contributed by atoms with Gasteiger partial charge in [0.25, 0.3) is 0 Å². The zero-order valence-electron chi connectivity index (χ0n) is 13.1. The lowest BCUT2D eigenvalue weighted by molar-refractivity contribution is -0.0372. The Morgan fingerprint density at radius 3 is 2.75 bits per heavy atom. The van der Waals surface area contributed by atoms with E-state index < -0.39 is 0 Å². The van der Waals surface area contributed by atoms with E-state index in [1.807, 2.05) is 0 Å². The molecule has 0 radical (unpaired) electrons. The van der Waals surface area contributed by atoms with Gasteiger partial charge < -0.3 is 10.1 Å². The van der Waals surface area contributed by atoms with Crippen molar-refractivity contribution in [1.82, 2.24) is 10.2 Å². The van der Waals surface area contributed by atoms with Crippen molar-refractivity contribution in [3.8, 4) is 0 Å². The molecule has 112 valence electrons. The molecular weight excluding hydrogens is 248 g/mol. The van der Waals surface area contributed by atoms with Crippen LogP contribution in [0, 0.1) is 0 Å². The summed E-state index contributed by atoms with van der Waals surface area (Å²) in [5, 5.41) is 3.55. The summed E-state index contributed by atoms with van der Waals surface area (Å²) >= 11 is 0. The van der Waals surface area contributed by atoms with E-state index >= 15 is 0 Å². The maximum atomic E-state index is 5.85. The van der Waals surface area contributed by atoms with E-state index in [1.165, 1.54) is 11.1 Å². The molecule has 3 heteroatoms. The smallest absolute Gasteiger partial charge is 0.0826 e. The number of hydrogen-bond donors (Lipinski definition) is 1. The van der Waals surface area contributed by atoms with Gasteiger partial charge in [0.05, 0.1) is 12.7 Å². The first-order chi connectivity index (χ1) is 9.70. The number of rotatable bonds is 6. The molecule has 0 saturated carbocycles. The molecule has 0 aliphatic carbocycles. The van der Waals surface area contributed by atoms with Gasteiger partial charge in [-0.2, -0.15) is 0 Å². The van der Waals surface area contributed by atoms with E-state index in [1.54, 1.807) is 0 Å². The van der Waals surface area contributed by atoms with Crippen LogP contribution in [0.4, 0.5) is 0 Å². The molecule has 2 rings (SSSR count). The van der Waals surface area contributed by atoms with Gasteiger partial charge in [-0.05, 0) is 31.4 Å². The van der Waals surface area contributed by atoms with E-state index in [9.17, 15) is 0 Å². The first-order valence-electron chi connectivity index (χ1n) is 7.83. The largest absolute Gasteiger partial charge is 0.374 e. The highest BCUT2D eigenvalue weighted by Gasteiger charge is 2.21. The SMILES string of the molecule is CCc1ccccc1CNCC1CN(C(C)C)CCO1. The number of aryl methyl sites for hydroxylation is 1. The fourth-order valence-electron chi connectivity index (χ4n) is 2.78. The molecule has 1 aliphatic rings. The van der Waals surface area contributed by atoms with Crippen LogP contribution in [-0.4, -0.2) is 43.3 Å². The molecule has 3 nitrogen and oxygen atoms in total. The van der Waals surface area contributed by atoms with Crippen molar-refractivity contribution in [3.05, 3.63) is 35.4 Å². The maximum absolute atomic E-state index is 5.85. The van der Waals surface area contributed by atoms with Gasteiger partial charge in [0.2, 0.25) is 0 Å². The van der Waals surface area contributed by atoms with Gasteiger partial charge in [-0.15, -0.1) is 0 Å². The molecule has 1 heterocycles. The van der Waals surface area contributed by atoms with Crippen molar-refractivity contribution < 1.29 is 4.74 Å². The monoisotopic (exact) mass is 276 g/mol. The van der Waals surface area contributed by atoms with Crippen molar-refractivity contribution in [2.75, 3.05) is 26.2 Å². The molecule has 0 aromatic heterocycles. The second-order valence-electron chi connectivity index (χ2n) is 5.83. The number of hydrogen-bond acceptors (Lipinski definition) is 3. The summed E-state index contributed by atoms with van der Waals surface area (Å²) in [6.45, 7) is 11.6. The van der Waals surface area contributed by atoms with Crippen LogP contribution in [0.3, 0.4) is 0 Å². The molecule has 1 unspecified atom stereocenters. The quantitative estimate of drug-likeness (QED) is 0.864. The summed E-state index contributed by atoms with van der Waals surface area (Å²) in [7, 11) is 0. The molecule has 1 saturated heterocycles. The van der Waals surface area contributed by atoms with Gasteiger partial charge in [0.1, 0.15) is 0 Å². The average Bonchev–Trinajstić information content (AvgIpc) is 2.48. The Hall–Kier alpha value is -0.900. The minimum Gasteiger partial charge on any atom is -0.374 e. The Morgan fingerprint density at radius 2 is 2.05 bits per heavy atom. The number of nitrogens with one attached hydrogen (secondary N) is 1. The highest BCUT2D eigenvalue weighted by molar-refractivity contribution is 5.26. The zero-order valence-corrected chi connectivity index (χ0v) is 13.1. The number of benzene rings is 1. The second kappa shape index (κ2) is 7.77. The lowest BCUT2D eigenvalue weighted by Crippen LogP contribution is -2.49. The van der Waals surface area contributed by atoms with Crippen LogP contribution < -0.4 is 5.32 Å². The lowest BCUT2D eigenvalue weighted by Gasteiger charge is -2.35. The summed E-state index contributed by atoms with van der Waals surface area (Å²) in [5.41, 5.74) is 2.85. The topological polar surface area (TPSA) is 24.5 Å². The number of morpholine rings is 1. The summed E-state index contributed by atoms with van der Waals surface area (Å²) < 4.78 is 5.85. The van der Waals surface area contributed by atoms with Gasteiger partial charge in [0, 0.05) is 32.2 Å². The molecule has 1 atom stereocenters. The van der Waals surface area contributed by atoms with Crippen molar-refractivity contribution in [2.45, 2.75) is 45.9 Å². The van der Waals surface area contributed by atoms with Crippen LogP contribution >= 0.6 is 0 Å². The molecule has 0 bridgehead atoms. The molecule has 0 amide bonds. The Labute approximate surface area is 123 Å². The van der Waals surface area contributed by atoms with Crippen molar-refractivity contribution >= 4 is 0 Å². The molecule has 1 N–H and O–H groups in total. The van der Waals surface area contributed by atoms with Crippen LogP contribution in [-0.2, 0) is 17.7 Å². The van der Waals surface area contributed by atoms with Gasteiger partial charge in [-0.25, -0.2) is 0 Å². The van der Waals surface area contributed by atoms with E-state index in [0.717, 1.165) is 39.2 Å². The van der Waals surface area contributed by atoms with Gasteiger partial charge in [-0.1, -0.05) is 31.2 Å². The van der Waals surface area contributed by atoms with Gasteiger partial charge >= 0.3 is 0 Å². The van der Waals surface area contributed by atoms with Gasteiger partial charge in [0.15, 0.2) is 0 Å². The number of ether oxygens (including phenoxy) is 1. The molecule has 20 heavy (non-hydrogen) atoms. The molecule has 0 spiro atoms. The highest BCUT2D eigenvalue weighted by atomic mass is 16.5. The van der Waals surface area contributed by atoms with Crippen LogP contribution in [0.1, 0.15) is 31.9 Å². The van der Waals surface area contributed by atoms with Crippen molar-refractivity contribution in [1.29, 1.82) is 0 Å². The van der Waals surface area contributed by atoms with Crippen LogP contribution in [0.15, 0.2) is 24.3 Å². The lowest BCUT2D eigenvalue weighted by atomic mass is 10.1. The molecular formula is C17H28N2O. The predicted molar refractivity (Wildman–Crippen MR) is 84.0 cm³/mol. The fourth-order valence-corrected chi connectivity index (χ4v) is 2.78. The van der Waals surface area contributed by atoms with Crippen LogP contribution in [0.25, 0.3) is 0 Å². The Kier molecular flexibility index (Phi) is 6.02. The first-order valence-corrected chi connectivity index (χ1v) is 7.83. The maximum Gasteiger partial charge on any atom is 0.0826 e. The van der Waals surface area contributed by atoms with Crippen molar-refractivity contribution in [2.24, 2.45) is 0 Å². The van der Waals surface area contributed by atoms with Crippen LogP contribution in [0.5, 0.6) is 0 Å². The number of nitrogens with zero attached hydrogens (tertiary/aromatic N) is 1. The normalized spacial score (nSPS) is 20.5. The van der Waals surface area contributed by atoms with E-state index in [-0.39, 0.29) is 0 Å².